The summed E-state index contributed by atoms with van der Waals surface area (Å²) in [7, 11) is 0. The third kappa shape index (κ3) is 2.39. The molecular weight excluding hydrogens is 244 g/mol. The van der Waals surface area contributed by atoms with E-state index in [-0.39, 0.29) is 11.5 Å². The van der Waals surface area contributed by atoms with E-state index >= 15 is 0 Å². The van der Waals surface area contributed by atoms with E-state index in [1.165, 1.54) is 0 Å². The topological polar surface area (TPSA) is 88.2 Å². The van der Waals surface area contributed by atoms with Gasteiger partial charge in [-0.25, -0.2) is 4.98 Å². The summed E-state index contributed by atoms with van der Waals surface area (Å²) in [5.74, 6) is 2.01. The molecule has 100 valence electrons. The largest absolute Gasteiger partial charge is 0.465 e. The second-order valence-corrected chi connectivity index (χ2v) is 4.85. The fourth-order valence-corrected chi connectivity index (χ4v) is 2.43. The molecule has 2 aromatic rings. The van der Waals surface area contributed by atoms with Crippen molar-refractivity contribution in [2.75, 3.05) is 12.3 Å². The zero-order valence-electron chi connectivity index (χ0n) is 10.8. The second kappa shape index (κ2) is 4.55. The molecule has 0 unspecified atom stereocenters. The van der Waals surface area contributed by atoms with Crippen molar-refractivity contribution < 1.29 is 4.42 Å². The van der Waals surface area contributed by atoms with Crippen molar-refractivity contribution in [3.63, 3.8) is 0 Å². The Kier molecular flexibility index (Phi) is 2.87. The summed E-state index contributed by atoms with van der Waals surface area (Å²) in [5.41, 5.74) is 6.94. The van der Waals surface area contributed by atoms with Crippen molar-refractivity contribution >= 4 is 5.95 Å². The number of nitrogens with one attached hydrogen (secondary N) is 1. The van der Waals surface area contributed by atoms with Gasteiger partial charge in [0.25, 0.3) is 5.56 Å². The molecule has 0 amide bonds. The van der Waals surface area contributed by atoms with Crippen LogP contribution in [0.4, 0.5) is 5.95 Å². The number of H-pyrrole nitrogens is 1. The first-order valence-corrected chi connectivity index (χ1v) is 6.27. The summed E-state index contributed by atoms with van der Waals surface area (Å²) >= 11 is 0. The molecule has 0 saturated carbocycles. The maximum atomic E-state index is 11.9. The average molecular weight is 260 g/mol. The molecular formula is C13H16N4O2. The van der Waals surface area contributed by atoms with Crippen LogP contribution in [0.25, 0.3) is 0 Å². The summed E-state index contributed by atoms with van der Waals surface area (Å²) in [6.45, 7) is 4.06. The average Bonchev–Trinajstić information content (AvgIpc) is 2.75. The molecule has 1 aliphatic heterocycles. The Morgan fingerprint density at radius 3 is 3.11 bits per heavy atom. The number of fused-ring (bicyclic) bond motifs is 1. The molecule has 0 spiro atoms. The molecule has 0 saturated heterocycles. The van der Waals surface area contributed by atoms with Crippen molar-refractivity contribution in [3.8, 4) is 0 Å². The third-order valence-corrected chi connectivity index (χ3v) is 3.34. The van der Waals surface area contributed by atoms with E-state index in [1.807, 2.05) is 19.1 Å². The number of hydrogen-bond donors (Lipinski definition) is 2. The lowest BCUT2D eigenvalue weighted by atomic mass is 10.1. The van der Waals surface area contributed by atoms with Crippen molar-refractivity contribution in [1.29, 1.82) is 0 Å². The number of nitrogen functional groups attached to an aromatic ring is 1. The van der Waals surface area contributed by atoms with Gasteiger partial charge in [0.15, 0.2) is 0 Å². The van der Waals surface area contributed by atoms with Crippen LogP contribution in [0.2, 0.25) is 0 Å². The Morgan fingerprint density at radius 2 is 2.37 bits per heavy atom. The maximum Gasteiger partial charge on any atom is 0.257 e. The van der Waals surface area contributed by atoms with Gasteiger partial charge >= 0.3 is 0 Å². The number of aryl methyl sites for hydroxylation is 1. The highest BCUT2D eigenvalue weighted by atomic mass is 16.3. The quantitative estimate of drug-likeness (QED) is 0.834. The summed E-state index contributed by atoms with van der Waals surface area (Å²) in [4.78, 5) is 20.8. The fraction of sp³-hybridized carbons (Fsp3) is 0.385. The molecule has 1 aliphatic rings. The highest BCUT2D eigenvalue weighted by Gasteiger charge is 2.21. The van der Waals surface area contributed by atoms with E-state index in [1.54, 1.807) is 0 Å². The Morgan fingerprint density at radius 1 is 1.53 bits per heavy atom. The van der Waals surface area contributed by atoms with Crippen molar-refractivity contribution in [1.82, 2.24) is 14.9 Å². The van der Waals surface area contributed by atoms with Gasteiger partial charge in [-0.1, -0.05) is 0 Å². The van der Waals surface area contributed by atoms with E-state index in [0.29, 0.717) is 18.7 Å². The number of hydrogen-bond acceptors (Lipinski definition) is 5. The van der Waals surface area contributed by atoms with E-state index in [9.17, 15) is 4.79 Å². The minimum Gasteiger partial charge on any atom is -0.465 e. The van der Waals surface area contributed by atoms with E-state index < -0.39 is 0 Å². The Bertz CT molecular complexity index is 659. The molecule has 0 atom stereocenters. The molecule has 3 N–H and O–H groups in total. The normalized spacial score (nSPS) is 15.4. The van der Waals surface area contributed by atoms with Crippen LogP contribution in [0.5, 0.6) is 0 Å². The molecule has 0 aromatic carbocycles. The van der Waals surface area contributed by atoms with Gasteiger partial charge in [0.1, 0.15) is 11.5 Å². The van der Waals surface area contributed by atoms with Gasteiger partial charge in [-0.3, -0.25) is 14.7 Å². The molecule has 6 heteroatoms. The van der Waals surface area contributed by atoms with Crippen molar-refractivity contribution in [2.45, 2.75) is 26.4 Å². The summed E-state index contributed by atoms with van der Waals surface area (Å²) in [6.07, 6.45) is 0.739. The lowest BCUT2D eigenvalue weighted by Gasteiger charge is -2.26. The number of nitrogens with zero attached hydrogens (tertiary/aromatic N) is 2. The predicted octanol–water partition coefficient (Wildman–Crippen LogP) is 0.812. The Hall–Kier alpha value is -2.08. The number of anilines is 1. The Balaban J connectivity index is 1.80. The SMILES string of the molecule is Cc1ccc(CN2CCc3nc(N)[nH]c(=O)c3C2)o1. The number of rotatable bonds is 2. The first-order valence-electron chi connectivity index (χ1n) is 6.27. The van der Waals surface area contributed by atoms with Gasteiger partial charge in [-0.05, 0) is 19.1 Å². The smallest absolute Gasteiger partial charge is 0.257 e. The molecule has 6 nitrogen and oxygen atoms in total. The van der Waals surface area contributed by atoms with Crippen LogP contribution < -0.4 is 11.3 Å². The van der Waals surface area contributed by atoms with Crippen LogP contribution in [0.3, 0.4) is 0 Å². The first kappa shape index (κ1) is 12.0. The minimum absolute atomic E-state index is 0.136. The van der Waals surface area contributed by atoms with Crippen LogP contribution in [0.15, 0.2) is 21.3 Å². The van der Waals surface area contributed by atoms with Gasteiger partial charge < -0.3 is 10.2 Å². The highest BCUT2D eigenvalue weighted by molar-refractivity contribution is 5.27. The molecule has 3 rings (SSSR count). The maximum absolute atomic E-state index is 11.9. The van der Waals surface area contributed by atoms with Crippen LogP contribution in [-0.2, 0) is 19.5 Å². The number of nitrogens with two attached hydrogens (primary N) is 1. The van der Waals surface area contributed by atoms with E-state index in [2.05, 4.69) is 14.9 Å². The Labute approximate surface area is 110 Å². The minimum atomic E-state index is -0.136. The molecule has 2 aromatic heterocycles. The zero-order valence-corrected chi connectivity index (χ0v) is 10.8. The fourth-order valence-electron chi connectivity index (χ4n) is 2.43. The predicted molar refractivity (Wildman–Crippen MR) is 70.5 cm³/mol. The van der Waals surface area contributed by atoms with Gasteiger partial charge in [0.05, 0.1) is 17.8 Å². The molecule has 19 heavy (non-hydrogen) atoms. The molecule has 0 radical (unpaired) electrons. The second-order valence-electron chi connectivity index (χ2n) is 4.85. The number of aromatic nitrogens is 2. The van der Waals surface area contributed by atoms with Crippen LogP contribution in [-0.4, -0.2) is 21.4 Å². The van der Waals surface area contributed by atoms with Crippen LogP contribution in [0.1, 0.15) is 22.8 Å². The van der Waals surface area contributed by atoms with Gasteiger partial charge in [-0.2, -0.15) is 0 Å². The van der Waals surface area contributed by atoms with E-state index in [4.69, 9.17) is 10.2 Å². The lowest BCUT2D eigenvalue weighted by molar-refractivity contribution is 0.221. The molecule has 0 aliphatic carbocycles. The number of aromatic amines is 1. The monoisotopic (exact) mass is 260 g/mol. The lowest BCUT2D eigenvalue weighted by Crippen LogP contribution is -2.35. The zero-order chi connectivity index (χ0) is 13.4. The van der Waals surface area contributed by atoms with Crippen LogP contribution in [0, 0.1) is 6.92 Å². The molecule has 0 bridgehead atoms. The van der Waals surface area contributed by atoms with Crippen molar-refractivity contribution in [2.24, 2.45) is 0 Å². The number of furan rings is 1. The first-order chi connectivity index (χ1) is 9.11. The van der Waals surface area contributed by atoms with Crippen molar-refractivity contribution in [3.05, 3.63) is 45.3 Å². The third-order valence-electron chi connectivity index (χ3n) is 3.34. The summed E-state index contributed by atoms with van der Waals surface area (Å²) in [5, 5.41) is 0. The molecule has 0 fully saturated rings. The van der Waals surface area contributed by atoms with E-state index in [0.717, 1.165) is 30.2 Å². The summed E-state index contributed by atoms with van der Waals surface area (Å²) < 4.78 is 5.56. The standard InChI is InChI=1S/C13H16N4O2/c1-8-2-3-9(19-8)6-17-5-4-11-10(7-17)12(18)16-13(14)15-11/h2-3H,4-7H2,1H3,(H3,14,15,16,18). The van der Waals surface area contributed by atoms with Gasteiger partial charge in [0.2, 0.25) is 5.95 Å². The molecule has 3 heterocycles. The summed E-state index contributed by atoms with van der Waals surface area (Å²) in [6, 6.07) is 3.92. The van der Waals surface area contributed by atoms with Gasteiger partial charge in [-0.15, -0.1) is 0 Å². The van der Waals surface area contributed by atoms with Gasteiger partial charge in [0, 0.05) is 19.5 Å². The van der Waals surface area contributed by atoms with Crippen LogP contribution >= 0.6 is 0 Å². The highest BCUT2D eigenvalue weighted by Crippen LogP contribution is 2.17.